The number of diazo groups is 1. The fourth-order valence-corrected chi connectivity index (χ4v) is 1.56. The lowest BCUT2D eigenvalue weighted by atomic mass is 10.0. The van der Waals surface area contributed by atoms with Crippen LogP contribution in [0.4, 0.5) is 28.6 Å². The second-order valence-electron chi connectivity index (χ2n) is 3.70. The topological polar surface area (TPSA) is 54.2 Å². The van der Waals surface area contributed by atoms with Crippen molar-refractivity contribution in [3.8, 4) is 11.1 Å². The predicted molar refractivity (Wildman–Crippen MR) is 71.2 cm³/mol. The van der Waals surface area contributed by atoms with Crippen LogP contribution in [-0.4, -0.2) is 7.25 Å². The lowest BCUT2D eigenvalue weighted by Crippen LogP contribution is -2.02. The largest absolute Gasteiger partial charge is 0.673 e. The van der Waals surface area contributed by atoms with Crippen LogP contribution in [0.1, 0.15) is 0 Å². The van der Waals surface area contributed by atoms with Crippen molar-refractivity contribution in [3.63, 3.8) is 0 Å². The van der Waals surface area contributed by atoms with Crippen molar-refractivity contribution in [3.05, 3.63) is 53.5 Å². The molecule has 0 radical (unpaired) electrons. The summed E-state index contributed by atoms with van der Waals surface area (Å²) in [6.45, 7) is 0. The Morgan fingerprint density at radius 2 is 1.45 bits per heavy atom. The zero-order valence-corrected chi connectivity index (χ0v) is 10.2. The molecule has 0 aliphatic rings. The first-order chi connectivity index (χ1) is 9.33. The lowest BCUT2D eigenvalue weighted by Gasteiger charge is -2.01. The molecule has 0 unspecified atom stereocenters. The van der Waals surface area contributed by atoms with E-state index in [4.69, 9.17) is 11.1 Å². The highest BCUT2D eigenvalue weighted by Crippen LogP contribution is 2.34. The van der Waals surface area contributed by atoms with E-state index in [9.17, 15) is 17.3 Å². The number of hydrogen-bond acceptors (Lipinski definition) is 2. The molecule has 3 nitrogen and oxygen atoms in total. The molecule has 2 rings (SSSR count). The molecule has 104 valence electrons. The highest BCUT2D eigenvalue weighted by molar-refractivity contribution is 6.50. The van der Waals surface area contributed by atoms with E-state index >= 15 is 0 Å². The number of anilines is 1. The van der Waals surface area contributed by atoms with Gasteiger partial charge < -0.3 is 23.0 Å². The van der Waals surface area contributed by atoms with Gasteiger partial charge in [-0.05, 0) is 11.6 Å². The van der Waals surface area contributed by atoms with Gasteiger partial charge in [0.05, 0.1) is 0 Å². The maximum atomic E-state index is 9.75. The molecular formula is C12H10BF4N3. The number of rotatable bonds is 1. The summed E-state index contributed by atoms with van der Waals surface area (Å²) in [7, 11) is -6.00. The molecule has 8 heteroatoms. The molecule has 0 saturated carbocycles. The molecule has 0 aliphatic heterocycles. The molecule has 0 aliphatic carbocycles. The van der Waals surface area contributed by atoms with Crippen LogP contribution in [0.3, 0.4) is 0 Å². The molecule has 2 aromatic carbocycles. The highest BCUT2D eigenvalue weighted by Gasteiger charge is 2.20. The van der Waals surface area contributed by atoms with E-state index in [1.165, 1.54) is 0 Å². The maximum absolute atomic E-state index is 9.75. The van der Waals surface area contributed by atoms with Crippen LogP contribution in [0, 0.1) is 5.39 Å². The summed E-state index contributed by atoms with van der Waals surface area (Å²) in [6.07, 6.45) is 0. The smallest absolute Gasteiger partial charge is 0.418 e. The van der Waals surface area contributed by atoms with Gasteiger partial charge in [-0.15, -0.1) is 0 Å². The van der Waals surface area contributed by atoms with Crippen molar-refractivity contribution in [1.29, 1.82) is 5.39 Å². The average molecular weight is 283 g/mol. The molecule has 0 aromatic heterocycles. The third-order valence-electron chi connectivity index (χ3n) is 2.24. The Bertz CT molecular complexity index is 602. The van der Waals surface area contributed by atoms with Crippen molar-refractivity contribution < 1.29 is 17.3 Å². The van der Waals surface area contributed by atoms with Crippen LogP contribution >= 0.6 is 0 Å². The van der Waals surface area contributed by atoms with Crippen LogP contribution < -0.4 is 5.73 Å². The van der Waals surface area contributed by atoms with Gasteiger partial charge in [0.2, 0.25) is 5.39 Å². The third-order valence-corrected chi connectivity index (χ3v) is 2.24. The Morgan fingerprint density at radius 3 is 1.95 bits per heavy atom. The normalized spacial score (nSPS) is 10.2. The fraction of sp³-hybridized carbons (Fsp3) is 0. The number of nitrogens with zero attached hydrogens (tertiary/aromatic N) is 2. The summed E-state index contributed by atoms with van der Waals surface area (Å²) in [6, 6.07) is 14.9. The zero-order valence-electron chi connectivity index (χ0n) is 10.2. The Kier molecular flexibility index (Phi) is 5.09. The first kappa shape index (κ1) is 15.5. The van der Waals surface area contributed by atoms with Crippen LogP contribution in [-0.2, 0) is 0 Å². The SMILES string of the molecule is F[B-](F)(F)F.N#[N+]c1cccc(N)c1-c1ccccc1. The van der Waals surface area contributed by atoms with E-state index < -0.39 is 7.25 Å². The van der Waals surface area contributed by atoms with Crippen molar-refractivity contribution in [2.45, 2.75) is 0 Å². The molecule has 0 saturated heterocycles. The summed E-state index contributed by atoms with van der Waals surface area (Å²) in [5.41, 5.74) is 8.66. The van der Waals surface area contributed by atoms with Crippen molar-refractivity contribution in [1.82, 2.24) is 0 Å². The zero-order chi connectivity index (χ0) is 15.2. The van der Waals surface area contributed by atoms with Gasteiger partial charge in [-0.2, -0.15) is 0 Å². The molecule has 0 amide bonds. The minimum Gasteiger partial charge on any atom is -0.418 e. The van der Waals surface area contributed by atoms with Gasteiger partial charge in [-0.25, -0.2) is 0 Å². The standard InChI is InChI=1S/C12H10N3.BF4/c13-10-7-4-8-11(15-14)12(10)9-5-2-1-3-6-9;2-1(3,4)5/h1-8H,13H2;/q+1;-1. The van der Waals surface area contributed by atoms with Crippen LogP contribution in [0.15, 0.2) is 48.5 Å². The van der Waals surface area contributed by atoms with Gasteiger partial charge in [0, 0.05) is 11.8 Å². The summed E-state index contributed by atoms with van der Waals surface area (Å²) in [4.78, 5) is 3.23. The highest BCUT2D eigenvalue weighted by atomic mass is 19.5. The molecule has 0 atom stereocenters. The molecule has 0 bridgehead atoms. The van der Waals surface area contributed by atoms with Gasteiger partial charge in [0.1, 0.15) is 5.56 Å². The molecular weight excluding hydrogens is 273 g/mol. The summed E-state index contributed by atoms with van der Waals surface area (Å²) in [5, 5.41) is 8.87. The van der Waals surface area contributed by atoms with Crippen molar-refractivity contribution >= 4 is 18.6 Å². The Morgan fingerprint density at radius 1 is 0.900 bits per heavy atom. The van der Waals surface area contributed by atoms with Crippen molar-refractivity contribution in [2.75, 3.05) is 5.73 Å². The molecule has 0 heterocycles. The first-order valence-electron chi connectivity index (χ1n) is 5.49. The molecule has 2 aromatic rings. The molecule has 20 heavy (non-hydrogen) atoms. The lowest BCUT2D eigenvalue weighted by molar-refractivity contribution is 0.368. The van der Waals surface area contributed by atoms with Gasteiger partial charge in [-0.3, -0.25) is 0 Å². The molecule has 0 fully saturated rings. The Labute approximate surface area is 112 Å². The number of nitrogens with two attached hydrogens (primary N) is 1. The summed E-state index contributed by atoms with van der Waals surface area (Å²) >= 11 is 0. The number of benzene rings is 2. The minimum atomic E-state index is -6.00. The van der Waals surface area contributed by atoms with Crippen molar-refractivity contribution in [2.24, 2.45) is 0 Å². The predicted octanol–water partition coefficient (Wildman–Crippen LogP) is 4.72. The Balaban J connectivity index is 0.000000347. The van der Waals surface area contributed by atoms with E-state index in [-0.39, 0.29) is 0 Å². The quantitative estimate of drug-likeness (QED) is 0.356. The van der Waals surface area contributed by atoms with Crippen LogP contribution in [0.5, 0.6) is 0 Å². The molecule has 2 N–H and O–H groups in total. The second kappa shape index (κ2) is 6.56. The number of hydrogen-bond donors (Lipinski definition) is 1. The minimum absolute atomic E-state index is 0.487. The van der Waals surface area contributed by atoms with E-state index in [2.05, 4.69) is 4.98 Å². The van der Waals surface area contributed by atoms with E-state index in [0.717, 1.165) is 11.1 Å². The van der Waals surface area contributed by atoms with Gasteiger partial charge in [-0.1, -0.05) is 36.4 Å². The van der Waals surface area contributed by atoms with Crippen LogP contribution in [0.25, 0.3) is 16.1 Å². The van der Waals surface area contributed by atoms with Gasteiger partial charge in [0.25, 0.3) is 0 Å². The van der Waals surface area contributed by atoms with E-state index in [1.807, 2.05) is 30.3 Å². The monoisotopic (exact) mass is 283 g/mol. The molecule has 0 spiro atoms. The second-order valence-corrected chi connectivity index (χ2v) is 3.70. The van der Waals surface area contributed by atoms with Gasteiger partial charge >= 0.3 is 12.9 Å². The van der Waals surface area contributed by atoms with Gasteiger partial charge in [0.15, 0.2) is 4.98 Å². The maximum Gasteiger partial charge on any atom is 0.673 e. The summed E-state index contributed by atoms with van der Waals surface area (Å²) in [5.74, 6) is 0. The Hall–Kier alpha value is -2.56. The number of halogens is 4. The third kappa shape index (κ3) is 4.98. The van der Waals surface area contributed by atoms with E-state index in [0.29, 0.717) is 11.4 Å². The summed E-state index contributed by atoms with van der Waals surface area (Å²) < 4.78 is 39.0. The number of nitrogen functional groups attached to an aromatic ring is 1. The average Bonchev–Trinajstić information content (AvgIpc) is 2.37. The van der Waals surface area contributed by atoms with Crippen LogP contribution in [0.2, 0.25) is 0 Å². The fourth-order valence-electron chi connectivity index (χ4n) is 1.56. The van der Waals surface area contributed by atoms with E-state index in [1.54, 1.807) is 18.2 Å². The first-order valence-corrected chi connectivity index (χ1v) is 5.49.